The van der Waals surface area contributed by atoms with Gasteiger partial charge in [-0.3, -0.25) is 4.79 Å². The van der Waals surface area contributed by atoms with Gasteiger partial charge >= 0.3 is 0 Å². The van der Waals surface area contributed by atoms with E-state index in [1.165, 1.54) is 12.1 Å². The van der Waals surface area contributed by atoms with Gasteiger partial charge in [-0.25, -0.2) is 13.1 Å². The molecule has 0 radical (unpaired) electrons. The lowest BCUT2D eigenvalue weighted by atomic mass is 9.84. The highest BCUT2D eigenvalue weighted by molar-refractivity contribution is 7.89. The van der Waals surface area contributed by atoms with E-state index >= 15 is 0 Å². The molecule has 1 heterocycles. The summed E-state index contributed by atoms with van der Waals surface area (Å²) in [7, 11) is -3.58. The molecule has 1 amide bonds. The highest BCUT2D eigenvalue weighted by atomic mass is 35.5. The van der Waals surface area contributed by atoms with Gasteiger partial charge < -0.3 is 10.6 Å². The minimum Gasteiger partial charge on any atom is -0.326 e. The van der Waals surface area contributed by atoms with Crippen LogP contribution in [0, 0.1) is 11.8 Å². The van der Waals surface area contributed by atoms with Crippen molar-refractivity contribution < 1.29 is 13.2 Å². The Kier molecular flexibility index (Phi) is 9.73. The lowest BCUT2D eigenvalue weighted by Crippen LogP contribution is -2.32. The molecule has 1 aliphatic rings. The van der Waals surface area contributed by atoms with Crippen LogP contribution in [-0.4, -0.2) is 33.5 Å². The average Bonchev–Trinajstić information content (AvgIpc) is 2.62. The number of piperidine rings is 1. The van der Waals surface area contributed by atoms with E-state index in [4.69, 9.17) is 0 Å². The second-order valence-electron chi connectivity index (χ2n) is 7.28. The minimum atomic E-state index is -3.58. The fourth-order valence-electron chi connectivity index (χ4n) is 3.24. The lowest BCUT2D eigenvalue weighted by Gasteiger charge is -2.27. The van der Waals surface area contributed by atoms with Crippen molar-refractivity contribution in [1.29, 1.82) is 0 Å². The van der Waals surface area contributed by atoms with Crippen molar-refractivity contribution in [2.45, 2.75) is 57.4 Å². The largest absolute Gasteiger partial charge is 0.326 e. The van der Waals surface area contributed by atoms with Crippen LogP contribution in [-0.2, 0) is 14.8 Å². The number of halogens is 1. The molecule has 0 saturated carbocycles. The van der Waals surface area contributed by atoms with Crippen molar-refractivity contribution in [3.63, 3.8) is 0 Å². The third-order valence-corrected chi connectivity index (χ3v) is 6.68. The molecule has 8 heteroatoms. The van der Waals surface area contributed by atoms with Gasteiger partial charge in [0.2, 0.25) is 15.9 Å². The van der Waals surface area contributed by atoms with E-state index in [0.29, 0.717) is 30.4 Å². The number of anilines is 1. The molecule has 1 aliphatic heterocycles. The van der Waals surface area contributed by atoms with Gasteiger partial charge in [-0.1, -0.05) is 19.9 Å². The van der Waals surface area contributed by atoms with Crippen molar-refractivity contribution in [3.05, 3.63) is 24.3 Å². The van der Waals surface area contributed by atoms with Crippen LogP contribution in [0.4, 0.5) is 5.69 Å². The van der Waals surface area contributed by atoms with Crippen LogP contribution in [0.3, 0.4) is 0 Å². The SMILES string of the molecule is CCC(C)NS(=O)(=O)c1cccc(NC(=O)CC(C)C2CCNCC2)c1.Cl. The first-order chi connectivity index (χ1) is 12.3. The molecule has 0 aliphatic carbocycles. The third kappa shape index (κ3) is 7.41. The quantitative estimate of drug-likeness (QED) is 0.606. The van der Waals surface area contributed by atoms with E-state index in [9.17, 15) is 13.2 Å². The zero-order valence-electron chi connectivity index (χ0n) is 16.3. The van der Waals surface area contributed by atoms with Crippen LogP contribution in [0.5, 0.6) is 0 Å². The summed E-state index contributed by atoms with van der Waals surface area (Å²) in [5, 5.41) is 6.18. The summed E-state index contributed by atoms with van der Waals surface area (Å²) >= 11 is 0. The van der Waals surface area contributed by atoms with Crippen LogP contribution in [0.1, 0.15) is 46.5 Å². The van der Waals surface area contributed by atoms with Gasteiger partial charge in [-0.15, -0.1) is 12.4 Å². The summed E-state index contributed by atoms with van der Waals surface area (Å²) in [4.78, 5) is 12.5. The van der Waals surface area contributed by atoms with Crippen molar-refractivity contribution in [2.75, 3.05) is 18.4 Å². The molecule has 2 rings (SSSR count). The fourth-order valence-corrected chi connectivity index (χ4v) is 4.61. The number of carbonyl (C=O) groups is 1. The highest BCUT2D eigenvalue weighted by Gasteiger charge is 2.22. The van der Waals surface area contributed by atoms with Gasteiger partial charge in [0, 0.05) is 18.2 Å². The van der Waals surface area contributed by atoms with Gasteiger partial charge in [-0.2, -0.15) is 0 Å². The minimum absolute atomic E-state index is 0. The molecule has 0 aromatic heterocycles. The molecule has 0 bridgehead atoms. The van der Waals surface area contributed by atoms with Crippen molar-refractivity contribution in [3.8, 4) is 0 Å². The van der Waals surface area contributed by atoms with E-state index in [0.717, 1.165) is 25.9 Å². The Morgan fingerprint density at radius 3 is 2.56 bits per heavy atom. The van der Waals surface area contributed by atoms with Gasteiger partial charge in [0.25, 0.3) is 0 Å². The van der Waals surface area contributed by atoms with Gasteiger partial charge in [-0.05, 0) is 69.3 Å². The topological polar surface area (TPSA) is 87.3 Å². The molecule has 6 nitrogen and oxygen atoms in total. The fraction of sp³-hybridized carbons (Fsp3) is 0.632. The Labute approximate surface area is 169 Å². The second-order valence-corrected chi connectivity index (χ2v) is 8.99. The first-order valence-corrected chi connectivity index (χ1v) is 10.9. The van der Waals surface area contributed by atoms with Gasteiger partial charge in [0.15, 0.2) is 0 Å². The Bertz CT molecular complexity index is 706. The lowest BCUT2D eigenvalue weighted by molar-refractivity contribution is -0.117. The number of benzene rings is 1. The summed E-state index contributed by atoms with van der Waals surface area (Å²) < 4.78 is 27.4. The van der Waals surface area contributed by atoms with Crippen molar-refractivity contribution in [2.24, 2.45) is 11.8 Å². The maximum absolute atomic E-state index is 12.4. The van der Waals surface area contributed by atoms with Crippen LogP contribution >= 0.6 is 12.4 Å². The summed E-state index contributed by atoms with van der Waals surface area (Å²) in [6.07, 6.45) is 3.36. The van der Waals surface area contributed by atoms with Crippen molar-refractivity contribution in [1.82, 2.24) is 10.0 Å². The number of rotatable bonds is 8. The number of sulfonamides is 1. The Morgan fingerprint density at radius 2 is 1.93 bits per heavy atom. The average molecular weight is 418 g/mol. The molecule has 2 unspecified atom stereocenters. The van der Waals surface area contributed by atoms with Gasteiger partial charge in [0.05, 0.1) is 4.90 Å². The predicted molar refractivity (Wildman–Crippen MR) is 112 cm³/mol. The van der Waals surface area contributed by atoms with E-state index < -0.39 is 10.0 Å². The molecule has 3 N–H and O–H groups in total. The summed E-state index contributed by atoms with van der Waals surface area (Å²) in [6, 6.07) is 6.28. The predicted octanol–water partition coefficient (Wildman–Crippen LogP) is 3.15. The van der Waals surface area contributed by atoms with Crippen LogP contribution in [0.25, 0.3) is 0 Å². The number of hydrogen-bond donors (Lipinski definition) is 3. The highest BCUT2D eigenvalue weighted by Crippen LogP contribution is 2.25. The van der Waals surface area contributed by atoms with Crippen molar-refractivity contribution >= 4 is 34.0 Å². The molecule has 1 aromatic carbocycles. The first kappa shape index (κ1) is 23.9. The Morgan fingerprint density at radius 1 is 1.26 bits per heavy atom. The van der Waals surface area contributed by atoms with E-state index in [1.807, 2.05) is 13.8 Å². The molecule has 0 spiro atoms. The summed E-state index contributed by atoms with van der Waals surface area (Å²) in [5.41, 5.74) is 0.513. The number of amides is 1. The summed E-state index contributed by atoms with van der Waals surface area (Å²) in [6.45, 7) is 7.89. The molecular formula is C19H32ClN3O3S. The van der Waals surface area contributed by atoms with Crippen LogP contribution in [0.2, 0.25) is 0 Å². The Hall–Kier alpha value is -1.15. The summed E-state index contributed by atoms with van der Waals surface area (Å²) in [5.74, 6) is 0.810. The maximum atomic E-state index is 12.4. The second kappa shape index (κ2) is 11.0. The monoisotopic (exact) mass is 417 g/mol. The first-order valence-electron chi connectivity index (χ1n) is 9.44. The number of nitrogens with one attached hydrogen (secondary N) is 3. The molecule has 1 aromatic rings. The zero-order chi connectivity index (χ0) is 19.2. The zero-order valence-corrected chi connectivity index (χ0v) is 18.0. The molecule has 1 saturated heterocycles. The molecule has 1 fully saturated rings. The molecule has 2 atom stereocenters. The third-order valence-electron chi connectivity index (χ3n) is 5.09. The number of hydrogen-bond acceptors (Lipinski definition) is 4. The molecule has 27 heavy (non-hydrogen) atoms. The van der Waals surface area contributed by atoms with E-state index in [2.05, 4.69) is 22.3 Å². The molecule has 154 valence electrons. The van der Waals surface area contributed by atoms with Crippen LogP contribution in [0.15, 0.2) is 29.2 Å². The van der Waals surface area contributed by atoms with Gasteiger partial charge in [0.1, 0.15) is 0 Å². The van der Waals surface area contributed by atoms with E-state index in [1.54, 1.807) is 12.1 Å². The molecular weight excluding hydrogens is 386 g/mol. The Balaban J connectivity index is 0.00000364. The standard InChI is InChI=1S/C19H31N3O3S.ClH/c1-4-15(3)22-26(24,25)18-7-5-6-17(13-18)21-19(23)12-14(2)16-8-10-20-11-9-16;/h5-7,13-16,20,22H,4,8-12H2,1-3H3,(H,21,23);1H. The van der Waals surface area contributed by atoms with E-state index in [-0.39, 0.29) is 29.3 Å². The smallest absolute Gasteiger partial charge is 0.240 e. The number of carbonyl (C=O) groups excluding carboxylic acids is 1. The normalized spacial score (nSPS) is 17.6. The van der Waals surface area contributed by atoms with Crippen LogP contribution < -0.4 is 15.4 Å². The maximum Gasteiger partial charge on any atom is 0.240 e.